The van der Waals surface area contributed by atoms with Gasteiger partial charge in [-0.2, -0.15) is 0 Å². The van der Waals surface area contributed by atoms with Gasteiger partial charge in [0.1, 0.15) is 11.5 Å². The summed E-state index contributed by atoms with van der Waals surface area (Å²) in [4.78, 5) is 26.4. The molecular formula is C21H24N2O4. The Morgan fingerprint density at radius 1 is 1.15 bits per heavy atom. The van der Waals surface area contributed by atoms with Crippen molar-refractivity contribution in [3.8, 4) is 11.5 Å². The smallest absolute Gasteiger partial charge is 0.251 e. The number of methoxy groups -OCH3 is 2. The molecule has 3 rings (SSSR count). The van der Waals surface area contributed by atoms with Crippen molar-refractivity contribution in [2.24, 2.45) is 0 Å². The predicted molar refractivity (Wildman–Crippen MR) is 103 cm³/mol. The third-order valence-corrected chi connectivity index (χ3v) is 4.74. The zero-order valence-corrected chi connectivity index (χ0v) is 15.8. The highest BCUT2D eigenvalue weighted by molar-refractivity contribution is 5.99. The number of rotatable bonds is 6. The molecule has 1 N–H and O–H groups in total. The Balaban J connectivity index is 1.78. The molecule has 27 heavy (non-hydrogen) atoms. The first-order chi connectivity index (χ1) is 13.0. The van der Waals surface area contributed by atoms with Crippen molar-refractivity contribution < 1.29 is 19.1 Å². The van der Waals surface area contributed by atoms with E-state index in [0.29, 0.717) is 30.0 Å². The van der Waals surface area contributed by atoms with Crippen LogP contribution in [0.2, 0.25) is 0 Å². The fourth-order valence-corrected chi connectivity index (χ4v) is 3.27. The van der Waals surface area contributed by atoms with Gasteiger partial charge in [-0.1, -0.05) is 6.07 Å². The molecule has 0 spiro atoms. The second-order valence-corrected chi connectivity index (χ2v) is 6.50. The summed E-state index contributed by atoms with van der Waals surface area (Å²) >= 11 is 0. The standard InChI is InChI=1S/C21H24N2O4/c1-14(18-13-17(26-2)9-10-19(18)27-3)22-21(25)15-6-4-7-16(12-15)23-11-5-8-20(23)24/h4,6-7,9-10,12-14H,5,8,11H2,1-3H3,(H,22,25)/t14-/m0/s1. The number of carbonyl (C=O) groups is 2. The van der Waals surface area contributed by atoms with Crippen LogP contribution in [0.5, 0.6) is 11.5 Å². The summed E-state index contributed by atoms with van der Waals surface area (Å²) in [5.41, 5.74) is 2.11. The predicted octanol–water partition coefficient (Wildman–Crippen LogP) is 3.32. The van der Waals surface area contributed by atoms with E-state index >= 15 is 0 Å². The molecule has 1 saturated heterocycles. The number of ether oxygens (including phenoxy) is 2. The molecule has 1 fully saturated rings. The van der Waals surface area contributed by atoms with Crippen LogP contribution in [0.1, 0.15) is 41.7 Å². The topological polar surface area (TPSA) is 67.9 Å². The van der Waals surface area contributed by atoms with Gasteiger partial charge in [-0.15, -0.1) is 0 Å². The van der Waals surface area contributed by atoms with Crippen molar-refractivity contribution in [1.29, 1.82) is 0 Å². The van der Waals surface area contributed by atoms with Gasteiger partial charge >= 0.3 is 0 Å². The molecule has 1 aliphatic rings. The third kappa shape index (κ3) is 4.05. The molecule has 2 aromatic rings. The largest absolute Gasteiger partial charge is 0.497 e. The van der Waals surface area contributed by atoms with Crippen LogP contribution in [0.15, 0.2) is 42.5 Å². The minimum absolute atomic E-state index is 0.0991. The highest BCUT2D eigenvalue weighted by atomic mass is 16.5. The molecule has 6 nitrogen and oxygen atoms in total. The van der Waals surface area contributed by atoms with Gasteiger partial charge in [0.15, 0.2) is 0 Å². The average molecular weight is 368 g/mol. The first-order valence-corrected chi connectivity index (χ1v) is 8.96. The first-order valence-electron chi connectivity index (χ1n) is 8.96. The Morgan fingerprint density at radius 2 is 1.96 bits per heavy atom. The number of amides is 2. The Hall–Kier alpha value is -3.02. The van der Waals surface area contributed by atoms with Crippen LogP contribution in [0, 0.1) is 0 Å². The van der Waals surface area contributed by atoms with Crippen LogP contribution in [0.3, 0.4) is 0 Å². The molecule has 2 amide bonds. The Labute approximate surface area is 159 Å². The van der Waals surface area contributed by atoms with Crippen molar-refractivity contribution in [2.75, 3.05) is 25.7 Å². The van der Waals surface area contributed by atoms with Crippen LogP contribution in [-0.4, -0.2) is 32.6 Å². The molecule has 0 saturated carbocycles. The summed E-state index contributed by atoms with van der Waals surface area (Å²) in [5, 5.41) is 2.99. The maximum Gasteiger partial charge on any atom is 0.251 e. The Kier molecular flexibility index (Phi) is 5.64. The highest BCUT2D eigenvalue weighted by Gasteiger charge is 2.23. The molecule has 142 valence electrons. The van der Waals surface area contributed by atoms with E-state index < -0.39 is 0 Å². The molecule has 0 unspecified atom stereocenters. The number of nitrogens with one attached hydrogen (secondary N) is 1. The molecular weight excluding hydrogens is 344 g/mol. The summed E-state index contributed by atoms with van der Waals surface area (Å²) < 4.78 is 10.7. The molecule has 1 aliphatic heterocycles. The van der Waals surface area contributed by atoms with E-state index in [1.54, 1.807) is 37.3 Å². The van der Waals surface area contributed by atoms with Crippen molar-refractivity contribution in [3.63, 3.8) is 0 Å². The van der Waals surface area contributed by atoms with Gasteiger partial charge in [0.25, 0.3) is 5.91 Å². The summed E-state index contributed by atoms with van der Waals surface area (Å²) in [7, 11) is 3.19. The fraction of sp³-hybridized carbons (Fsp3) is 0.333. The lowest BCUT2D eigenvalue weighted by atomic mass is 10.1. The van der Waals surface area contributed by atoms with E-state index in [1.807, 2.05) is 31.2 Å². The van der Waals surface area contributed by atoms with E-state index in [0.717, 1.165) is 17.7 Å². The third-order valence-electron chi connectivity index (χ3n) is 4.74. The Bertz CT molecular complexity index is 850. The second-order valence-electron chi connectivity index (χ2n) is 6.50. The Morgan fingerprint density at radius 3 is 2.63 bits per heavy atom. The summed E-state index contributed by atoms with van der Waals surface area (Å²) in [6, 6.07) is 12.4. The van der Waals surface area contributed by atoms with E-state index in [1.165, 1.54) is 0 Å². The van der Waals surface area contributed by atoms with Crippen molar-refractivity contribution in [3.05, 3.63) is 53.6 Å². The maximum atomic E-state index is 12.7. The van der Waals surface area contributed by atoms with Crippen molar-refractivity contribution in [1.82, 2.24) is 5.32 Å². The lowest BCUT2D eigenvalue weighted by Crippen LogP contribution is -2.28. The van der Waals surface area contributed by atoms with Gasteiger partial charge in [-0.25, -0.2) is 0 Å². The number of anilines is 1. The average Bonchev–Trinajstić information content (AvgIpc) is 3.13. The SMILES string of the molecule is COc1ccc(OC)c([C@H](C)NC(=O)c2cccc(N3CCCC3=O)c2)c1. The first kappa shape index (κ1) is 18.8. The maximum absolute atomic E-state index is 12.7. The van der Waals surface area contributed by atoms with E-state index in [4.69, 9.17) is 9.47 Å². The second kappa shape index (κ2) is 8.12. The molecule has 0 radical (unpaired) electrons. The number of carbonyl (C=O) groups excluding carboxylic acids is 2. The minimum atomic E-state index is -0.278. The van der Waals surface area contributed by atoms with Crippen molar-refractivity contribution in [2.45, 2.75) is 25.8 Å². The van der Waals surface area contributed by atoms with Gasteiger partial charge in [0.2, 0.25) is 5.91 Å². The summed E-state index contributed by atoms with van der Waals surface area (Å²) in [6.07, 6.45) is 1.41. The van der Waals surface area contributed by atoms with Crippen LogP contribution >= 0.6 is 0 Å². The molecule has 1 heterocycles. The summed E-state index contributed by atoms with van der Waals surface area (Å²) in [5.74, 6) is 1.27. The zero-order valence-electron chi connectivity index (χ0n) is 15.8. The summed E-state index contributed by atoms with van der Waals surface area (Å²) in [6.45, 7) is 2.59. The molecule has 6 heteroatoms. The van der Waals surface area contributed by atoms with E-state index in [9.17, 15) is 9.59 Å². The molecule has 2 aromatic carbocycles. The number of hydrogen-bond donors (Lipinski definition) is 1. The van der Waals surface area contributed by atoms with Gasteiger partial charge in [-0.05, 0) is 49.7 Å². The van der Waals surface area contributed by atoms with E-state index in [-0.39, 0.29) is 17.9 Å². The fourth-order valence-electron chi connectivity index (χ4n) is 3.27. The zero-order chi connectivity index (χ0) is 19.4. The monoisotopic (exact) mass is 368 g/mol. The van der Waals surface area contributed by atoms with Gasteiger partial charge < -0.3 is 19.7 Å². The number of benzene rings is 2. The van der Waals surface area contributed by atoms with Crippen molar-refractivity contribution >= 4 is 17.5 Å². The van der Waals surface area contributed by atoms with Crippen LogP contribution in [0.25, 0.3) is 0 Å². The quantitative estimate of drug-likeness (QED) is 0.849. The van der Waals surface area contributed by atoms with Crippen LogP contribution in [0.4, 0.5) is 5.69 Å². The number of hydrogen-bond acceptors (Lipinski definition) is 4. The molecule has 0 aliphatic carbocycles. The van der Waals surface area contributed by atoms with Crippen LogP contribution in [-0.2, 0) is 4.79 Å². The lowest BCUT2D eigenvalue weighted by Gasteiger charge is -2.19. The molecule has 0 aromatic heterocycles. The lowest BCUT2D eigenvalue weighted by molar-refractivity contribution is -0.117. The molecule has 0 bridgehead atoms. The van der Waals surface area contributed by atoms with Crippen LogP contribution < -0.4 is 19.7 Å². The number of nitrogens with zero attached hydrogens (tertiary/aromatic N) is 1. The van der Waals surface area contributed by atoms with E-state index in [2.05, 4.69) is 5.32 Å². The van der Waals surface area contributed by atoms with Gasteiger partial charge in [0.05, 0.1) is 20.3 Å². The normalized spacial score (nSPS) is 14.8. The minimum Gasteiger partial charge on any atom is -0.497 e. The van der Waals surface area contributed by atoms with Gasteiger partial charge in [0, 0.05) is 29.8 Å². The van der Waals surface area contributed by atoms with Gasteiger partial charge in [-0.3, -0.25) is 9.59 Å². The molecule has 1 atom stereocenters. The highest BCUT2D eigenvalue weighted by Crippen LogP contribution is 2.29.